The Kier molecular flexibility index (Phi) is 1.39. The van der Waals surface area contributed by atoms with Gasteiger partial charge in [-0.05, 0) is 12.1 Å². The Labute approximate surface area is 81.8 Å². The lowest BCUT2D eigenvalue weighted by molar-refractivity contribution is 1.15. The summed E-state index contributed by atoms with van der Waals surface area (Å²) in [5.41, 5.74) is 3.24. The van der Waals surface area contributed by atoms with Crippen LogP contribution in [0.3, 0.4) is 0 Å². The van der Waals surface area contributed by atoms with E-state index in [9.17, 15) is 0 Å². The molecule has 0 fully saturated rings. The van der Waals surface area contributed by atoms with Crippen molar-refractivity contribution in [1.82, 2.24) is 14.4 Å². The molecule has 0 aliphatic carbocycles. The van der Waals surface area contributed by atoms with E-state index in [0.717, 1.165) is 22.3 Å². The van der Waals surface area contributed by atoms with Gasteiger partial charge in [0, 0.05) is 12.4 Å². The Morgan fingerprint density at radius 2 is 2.07 bits per heavy atom. The molecule has 2 aromatic heterocycles. The summed E-state index contributed by atoms with van der Waals surface area (Å²) in [5.74, 6) is 0.761. The lowest BCUT2D eigenvalue weighted by Crippen LogP contribution is -2.06. The number of hydrogen-bond donors (Lipinski definition) is 0. The molecule has 2 heterocycles. The minimum atomic E-state index is 0.761. The molecule has 0 saturated carbocycles. The molecule has 66 valence electrons. The van der Waals surface area contributed by atoms with E-state index in [1.165, 1.54) is 0 Å². The molecule has 0 radical (unpaired) electrons. The average Bonchev–Trinajstić information content (AvgIpc) is 2.56. The maximum absolute atomic E-state index is 4.41. The third-order valence-electron chi connectivity index (χ3n) is 2.29. The van der Waals surface area contributed by atoms with E-state index in [4.69, 9.17) is 0 Å². The first-order chi connectivity index (χ1) is 6.84. The summed E-state index contributed by atoms with van der Waals surface area (Å²) >= 11 is 0. The first-order valence-corrected chi connectivity index (χ1v) is 4.54. The van der Waals surface area contributed by atoms with Crippen LogP contribution in [-0.2, 0) is 0 Å². The van der Waals surface area contributed by atoms with Crippen LogP contribution in [0, 0.1) is 0 Å². The van der Waals surface area contributed by atoms with E-state index in [1.807, 2.05) is 36.6 Å². The number of para-hydroxylation sites is 2. The maximum Gasteiger partial charge on any atom is 0.234 e. The van der Waals surface area contributed by atoms with Crippen LogP contribution in [0.5, 0.6) is 0 Å². The number of rotatable bonds is 0. The molecular formula is C10H8BN3. The summed E-state index contributed by atoms with van der Waals surface area (Å²) in [7, 11) is 2.03. The first-order valence-electron chi connectivity index (χ1n) is 4.54. The molecule has 0 unspecified atom stereocenters. The third kappa shape index (κ3) is 0.938. The van der Waals surface area contributed by atoms with E-state index < -0.39 is 0 Å². The lowest BCUT2D eigenvalue weighted by Gasteiger charge is -1.95. The normalized spacial score (nSPS) is 11.1. The number of imidazole rings is 1. The predicted molar refractivity (Wildman–Crippen MR) is 58.7 cm³/mol. The van der Waals surface area contributed by atoms with Gasteiger partial charge in [-0.3, -0.25) is 4.40 Å². The minimum absolute atomic E-state index is 0.761. The van der Waals surface area contributed by atoms with Gasteiger partial charge in [0.1, 0.15) is 7.85 Å². The second-order valence-corrected chi connectivity index (χ2v) is 3.40. The second kappa shape index (κ2) is 2.58. The Hall–Kier alpha value is -1.84. The molecular weight excluding hydrogens is 173 g/mol. The fraction of sp³-hybridized carbons (Fsp3) is 0. The van der Waals surface area contributed by atoms with Gasteiger partial charge in [-0.2, -0.15) is 0 Å². The van der Waals surface area contributed by atoms with Crippen LogP contribution in [-0.4, -0.2) is 22.2 Å². The van der Waals surface area contributed by atoms with Gasteiger partial charge in [-0.1, -0.05) is 17.6 Å². The molecule has 0 bridgehead atoms. The second-order valence-electron chi connectivity index (χ2n) is 3.40. The van der Waals surface area contributed by atoms with Crippen molar-refractivity contribution in [3.05, 3.63) is 36.7 Å². The summed E-state index contributed by atoms with van der Waals surface area (Å²) in [6.07, 6.45) is 3.89. The lowest BCUT2D eigenvalue weighted by atomic mass is 10.0. The van der Waals surface area contributed by atoms with E-state index in [-0.39, 0.29) is 0 Å². The fourth-order valence-corrected chi connectivity index (χ4v) is 1.65. The van der Waals surface area contributed by atoms with E-state index in [0.29, 0.717) is 0 Å². The Balaban J connectivity index is 2.58. The zero-order valence-corrected chi connectivity index (χ0v) is 7.81. The number of aromatic nitrogens is 3. The number of nitrogens with zero attached hydrogens (tertiary/aromatic N) is 3. The highest BCUT2D eigenvalue weighted by Gasteiger charge is 2.02. The van der Waals surface area contributed by atoms with E-state index in [2.05, 4.69) is 22.2 Å². The van der Waals surface area contributed by atoms with Crippen molar-refractivity contribution in [3.63, 3.8) is 0 Å². The van der Waals surface area contributed by atoms with Crippen LogP contribution >= 0.6 is 0 Å². The molecule has 0 saturated heterocycles. The van der Waals surface area contributed by atoms with Crippen LogP contribution in [0.2, 0.25) is 0 Å². The molecule has 3 aromatic rings. The monoisotopic (exact) mass is 181 g/mol. The molecule has 3 nitrogen and oxygen atoms in total. The van der Waals surface area contributed by atoms with Crippen LogP contribution in [0.1, 0.15) is 0 Å². The highest BCUT2D eigenvalue weighted by molar-refractivity contribution is 6.31. The predicted octanol–water partition coefficient (Wildman–Crippen LogP) is 0.141. The minimum Gasteiger partial charge on any atom is -0.284 e. The topological polar surface area (TPSA) is 30.2 Å². The third-order valence-corrected chi connectivity index (χ3v) is 2.29. The standard InChI is InChI=1S/C10H8BN3/c11-7-5-12-10-13-8-3-1-2-4-9(8)14(10)6-7/h1-6H,11H2. The highest BCUT2D eigenvalue weighted by Crippen LogP contribution is 2.12. The zero-order valence-electron chi connectivity index (χ0n) is 7.81. The summed E-state index contributed by atoms with van der Waals surface area (Å²) in [6, 6.07) is 8.05. The van der Waals surface area contributed by atoms with Gasteiger partial charge in [0.15, 0.2) is 0 Å². The Morgan fingerprint density at radius 3 is 3.00 bits per heavy atom. The van der Waals surface area contributed by atoms with Gasteiger partial charge < -0.3 is 0 Å². The van der Waals surface area contributed by atoms with Crippen molar-refractivity contribution in [2.75, 3.05) is 0 Å². The van der Waals surface area contributed by atoms with Crippen molar-refractivity contribution in [2.24, 2.45) is 0 Å². The Bertz CT molecular complexity index is 615. The molecule has 0 aliphatic heterocycles. The van der Waals surface area contributed by atoms with Gasteiger partial charge in [0.2, 0.25) is 5.78 Å². The van der Waals surface area contributed by atoms with Crippen molar-refractivity contribution >= 4 is 30.1 Å². The number of hydrogen-bond acceptors (Lipinski definition) is 2. The summed E-state index contributed by atoms with van der Waals surface area (Å²) in [4.78, 5) is 8.68. The Morgan fingerprint density at radius 1 is 1.21 bits per heavy atom. The summed E-state index contributed by atoms with van der Waals surface area (Å²) in [5, 5.41) is 0. The number of fused-ring (bicyclic) bond motifs is 3. The molecule has 4 heteroatoms. The molecule has 0 spiro atoms. The molecule has 0 atom stereocenters. The molecule has 0 N–H and O–H groups in total. The first kappa shape index (κ1) is 7.56. The zero-order chi connectivity index (χ0) is 9.54. The van der Waals surface area contributed by atoms with E-state index >= 15 is 0 Å². The van der Waals surface area contributed by atoms with Gasteiger partial charge in [0.25, 0.3) is 0 Å². The van der Waals surface area contributed by atoms with Crippen molar-refractivity contribution in [3.8, 4) is 0 Å². The molecule has 0 amide bonds. The quantitative estimate of drug-likeness (QED) is 0.462. The van der Waals surface area contributed by atoms with Crippen LogP contribution in [0.15, 0.2) is 36.7 Å². The molecule has 1 aromatic carbocycles. The maximum atomic E-state index is 4.41. The SMILES string of the molecule is Bc1cnc2nc3ccccc3n2c1. The van der Waals surface area contributed by atoms with Gasteiger partial charge >= 0.3 is 0 Å². The summed E-state index contributed by atoms with van der Waals surface area (Å²) < 4.78 is 2.02. The van der Waals surface area contributed by atoms with Crippen molar-refractivity contribution < 1.29 is 0 Å². The van der Waals surface area contributed by atoms with Gasteiger partial charge in [-0.15, -0.1) is 0 Å². The van der Waals surface area contributed by atoms with E-state index in [1.54, 1.807) is 0 Å². The smallest absolute Gasteiger partial charge is 0.234 e. The average molecular weight is 181 g/mol. The fourth-order valence-electron chi connectivity index (χ4n) is 1.65. The van der Waals surface area contributed by atoms with Crippen LogP contribution in [0.4, 0.5) is 0 Å². The number of benzene rings is 1. The van der Waals surface area contributed by atoms with Gasteiger partial charge in [-0.25, -0.2) is 9.97 Å². The van der Waals surface area contributed by atoms with Crippen LogP contribution in [0.25, 0.3) is 16.8 Å². The van der Waals surface area contributed by atoms with Crippen molar-refractivity contribution in [1.29, 1.82) is 0 Å². The highest BCUT2D eigenvalue weighted by atomic mass is 15.1. The molecule has 14 heavy (non-hydrogen) atoms. The summed E-state index contributed by atoms with van der Waals surface area (Å²) in [6.45, 7) is 0. The molecule has 0 aliphatic rings. The van der Waals surface area contributed by atoms with Crippen molar-refractivity contribution in [2.45, 2.75) is 0 Å². The molecule has 3 rings (SSSR count). The van der Waals surface area contributed by atoms with Crippen LogP contribution < -0.4 is 5.46 Å². The van der Waals surface area contributed by atoms with Gasteiger partial charge in [0.05, 0.1) is 11.0 Å². The largest absolute Gasteiger partial charge is 0.284 e.